The fourth-order valence-electron chi connectivity index (χ4n) is 6.61. The Bertz CT molecular complexity index is 2510. The average molecular weight is 560 g/mol. The largest absolute Gasteiger partial charge is 0.455 e. The van der Waals surface area contributed by atoms with Crippen LogP contribution >= 0.6 is 0 Å². The summed E-state index contributed by atoms with van der Waals surface area (Å²) < 4.78 is 6.72. The highest BCUT2D eigenvalue weighted by Crippen LogP contribution is 2.46. The summed E-state index contributed by atoms with van der Waals surface area (Å²) in [5.74, 6) is 0. The normalized spacial score (nSPS) is 11.5. The molecular formula is C42H25NO. The molecule has 0 aliphatic carbocycles. The Morgan fingerprint density at radius 2 is 1.34 bits per heavy atom. The minimum Gasteiger partial charge on any atom is -0.455 e. The third-order valence-electron chi connectivity index (χ3n) is 8.64. The van der Waals surface area contributed by atoms with E-state index in [0.717, 1.165) is 55.2 Å². The van der Waals surface area contributed by atoms with Gasteiger partial charge in [-0.3, -0.25) is 0 Å². The molecule has 0 saturated heterocycles. The molecule has 0 spiro atoms. The van der Waals surface area contributed by atoms with Gasteiger partial charge in [-0.05, 0) is 99.4 Å². The van der Waals surface area contributed by atoms with Crippen molar-refractivity contribution < 1.29 is 4.42 Å². The van der Waals surface area contributed by atoms with Crippen molar-refractivity contribution in [3.05, 3.63) is 164 Å². The van der Waals surface area contributed by atoms with Crippen LogP contribution in [-0.2, 0) is 0 Å². The van der Waals surface area contributed by atoms with E-state index in [9.17, 15) is 0 Å². The van der Waals surface area contributed by atoms with Gasteiger partial charge in [0.15, 0.2) is 0 Å². The molecule has 0 aliphatic heterocycles. The fourth-order valence-corrected chi connectivity index (χ4v) is 6.61. The summed E-state index contributed by atoms with van der Waals surface area (Å²) in [4.78, 5) is 2.33. The first-order chi connectivity index (χ1) is 21.8. The molecule has 0 amide bonds. The maximum atomic E-state index is 6.72. The van der Waals surface area contributed by atoms with Crippen LogP contribution in [0, 0.1) is 12.1 Å². The number of rotatable bonds is 4. The molecule has 2 heteroatoms. The minimum absolute atomic E-state index is 0.864. The maximum absolute atomic E-state index is 6.72. The van der Waals surface area contributed by atoms with Gasteiger partial charge in [-0.1, -0.05) is 97.1 Å². The van der Waals surface area contributed by atoms with Crippen LogP contribution < -0.4 is 4.90 Å². The van der Waals surface area contributed by atoms with Gasteiger partial charge in [0.1, 0.15) is 11.2 Å². The van der Waals surface area contributed by atoms with Crippen molar-refractivity contribution in [1.82, 2.24) is 0 Å². The SMILES string of the molecule is c1ccc2cc(N(c3ccccc3)c3cccc4oc5c6ccccc6c(-c6ccc7ccccc7c6)cc5c34)ccc2c#1. The molecule has 0 bridgehead atoms. The predicted molar refractivity (Wildman–Crippen MR) is 184 cm³/mol. The van der Waals surface area contributed by atoms with Gasteiger partial charge < -0.3 is 9.32 Å². The van der Waals surface area contributed by atoms with Crippen molar-refractivity contribution in [3.63, 3.8) is 0 Å². The van der Waals surface area contributed by atoms with Crippen LogP contribution in [0.2, 0.25) is 0 Å². The smallest absolute Gasteiger partial charge is 0.143 e. The molecule has 0 unspecified atom stereocenters. The summed E-state index contributed by atoms with van der Waals surface area (Å²) >= 11 is 0. The number of hydrogen-bond donors (Lipinski definition) is 0. The second-order valence-corrected chi connectivity index (χ2v) is 11.2. The van der Waals surface area contributed by atoms with Gasteiger partial charge >= 0.3 is 0 Å². The average Bonchev–Trinajstić information content (AvgIpc) is 3.48. The Morgan fingerprint density at radius 1 is 0.523 bits per heavy atom. The summed E-state index contributed by atoms with van der Waals surface area (Å²) in [6.45, 7) is 0. The quantitative estimate of drug-likeness (QED) is 0.213. The van der Waals surface area contributed by atoms with E-state index < -0.39 is 0 Å². The van der Waals surface area contributed by atoms with E-state index in [1.54, 1.807) is 0 Å². The molecule has 1 aromatic heterocycles. The first-order valence-electron chi connectivity index (χ1n) is 14.9. The first-order valence-corrected chi connectivity index (χ1v) is 14.9. The van der Waals surface area contributed by atoms with Crippen LogP contribution in [0.3, 0.4) is 0 Å². The van der Waals surface area contributed by atoms with E-state index in [0.29, 0.717) is 0 Å². The molecular weight excluding hydrogens is 534 g/mol. The highest BCUT2D eigenvalue weighted by Gasteiger charge is 2.22. The van der Waals surface area contributed by atoms with E-state index in [1.807, 2.05) is 6.07 Å². The Balaban J connectivity index is 1.36. The Labute approximate surface area is 255 Å². The third kappa shape index (κ3) is 3.84. The number of para-hydroxylation sites is 1. The van der Waals surface area contributed by atoms with Crippen LogP contribution in [0.25, 0.3) is 65.4 Å². The number of hydrogen-bond acceptors (Lipinski definition) is 2. The molecule has 0 N–H and O–H groups in total. The Morgan fingerprint density at radius 3 is 2.25 bits per heavy atom. The van der Waals surface area contributed by atoms with Crippen LogP contribution in [0.15, 0.2) is 156 Å². The standard InChI is InChI=1S/C42H25NO/c1-2-15-33(16-3-1)43(34-24-23-29-12-5-7-14-31(29)26-34)39-19-10-20-40-41(39)38-27-37(35-17-8-9-18-36(35)42(38)44-40)32-22-21-28-11-4-6-13-30(28)25-32/h1-4,6-11,13-27H. The second kappa shape index (κ2) is 9.76. The lowest BCUT2D eigenvalue weighted by atomic mass is 9.93. The van der Waals surface area contributed by atoms with Gasteiger partial charge in [-0.2, -0.15) is 0 Å². The lowest BCUT2D eigenvalue weighted by Crippen LogP contribution is -2.10. The monoisotopic (exact) mass is 559 g/mol. The van der Waals surface area contributed by atoms with Crippen molar-refractivity contribution in [2.24, 2.45) is 0 Å². The minimum atomic E-state index is 0.864. The lowest BCUT2D eigenvalue weighted by Gasteiger charge is -2.26. The van der Waals surface area contributed by atoms with E-state index in [2.05, 4.69) is 163 Å². The van der Waals surface area contributed by atoms with E-state index in [1.165, 1.54) is 27.3 Å². The molecule has 0 saturated carbocycles. The zero-order chi connectivity index (χ0) is 29.0. The van der Waals surface area contributed by atoms with Crippen molar-refractivity contribution in [2.75, 3.05) is 4.90 Å². The van der Waals surface area contributed by atoms with E-state index in [4.69, 9.17) is 4.42 Å². The number of benzene rings is 7. The Kier molecular flexibility index (Phi) is 5.45. The summed E-state index contributed by atoms with van der Waals surface area (Å²) in [6.07, 6.45) is 0. The van der Waals surface area contributed by atoms with Crippen molar-refractivity contribution in [1.29, 1.82) is 0 Å². The van der Waals surface area contributed by atoms with Crippen molar-refractivity contribution >= 4 is 71.3 Å². The molecule has 8 aromatic carbocycles. The topological polar surface area (TPSA) is 16.4 Å². The molecule has 2 nitrogen and oxygen atoms in total. The van der Waals surface area contributed by atoms with Crippen molar-refractivity contribution in [3.8, 4) is 11.1 Å². The van der Waals surface area contributed by atoms with Crippen molar-refractivity contribution in [2.45, 2.75) is 0 Å². The fraction of sp³-hybridized carbons (Fsp3) is 0. The molecule has 1 heterocycles. The maximum Gasteiger partial charge on any atom is 0.143 e. The summed E-state index contributed by atoms with van der Waals surface area (Å²) in [6, 6.07) is 60.0. The van der Waals surface area contributed by atoms with Gasteiger partial charge in [0, 0.05) is 27.5 Å². The highest BCUT2D eigenvalue weighted by molar-refractivity contribution is 6.22. The summed E-state index contributed by atoms with van der Waals surface area (Å²) in [5.41, 5.74) is 7.37. The van der Waals surface area contributed by atoms with Crippen LogP contribution in [0.5, 0.6) is 0 Å². The van der Waals surface area contributed by atoms with E-state index in [-0.39, 0.29) is 0 Å². The van der Waals surface area contributed by atoms with Crippen LogP contribution in [0.1, 0.15) is 0 Å². The van der Waals surface area contributed by atoms with Gasteiger partial charge in [0.05, 0.1) is 11.1 Å². The molecule has 0 radical (unpaired) electrons. The molecule has 204 valence electrons. The predicted octanol–water partition coefficient (Wildman–Crippen LogP) is 11.8. The number of furan rings is 1. The lowest BCUT2D eigenvalue weighted by molar-refractivity contribution is 0.672. The van der Waals surface area contributed by atoms with Crippen LogP contribution in [-0.4, -0.2) is 0 Å². The highest BCUT2D eigenvalue weighted by atomic mass is 16.3. The van der Waals surface area contributed by atoms with Gasteiger partial charge in [0.25, 0.3) is 0 Å². The molecule has 0 aliphatic rings. The summed E-state index contributed by atoms with van der Waals surface area (Å²) in [5, 5.41) is 9.11. The van der Waals surface area contributed by atoms with Gasteiger partial charge in [0.2, 0.25) is 0 Å². The van der Waals surface area contributed by atoms with Gasteiger partial charge in [-0.25, -0.2) is 0 Å². The number of anilines is 3. The molecule has 44 heavy (non-hydrogen) atoms. The summed E-state index contributed by atoms with van der Waals surface area (Å²) in [7, 11) is 0. The first kappa shape index (κ1) is 24.5. The number of fused-ring (bicyclic) bond motifs is 7. The number of nitrogens with zero attached hydrogens (tertiary/aromatic N) is 1. The Hall–Kier alpha value is -6.04. The van der Waals surface area contributed by atoms with Gasteiger partial charge in [-0.15, -0.1) is 0 Å². The molecule has 0 fully saturated rings. The van der Waals surface area contributed by atoms with E-state index >= 15 is 0 Å². The molecule has 9 aromatic rings. The molecule has 0 atom stereocenters. The third-order valence-corrected chi connectivity index (χ3v) is 8.64. The zero-order valence-corrected chi connectivity index (χ0v) is 23.8. The molecule has 9 rings (SSSR count). The zero-order valence-electron chi connectivity index (χ0n) is 23.8. The van der Waals surface area contributed by atoms with Crippen LogP contribution in [0.4, 0.5) is 17.1 Å². The second-order valence-electron chi connectivity index (χ2n) is 11.2.